The second-order valence-corrected chi connectivity index (χ2v) is 5.14. The number of rotatable bonds is 5. The minimum absolute atomic E-state index is 0.197. The Morgan fingerprint density at radius 3 is 3.16 bits per heavy atom. The number of carbonyl (C=O) groups excluding carboxylic acids is 1. The summed E-state index contributed by atoms with van der Waals surface area (Å²) >= 11 is 0. The van der Waals surface area contributed by atoms with Gasteiger partial charge in [0, 0.05) is 13.1 Å². The van der Waals surface area contributed by atoms with E-state index in [1.165, 1.54) is 25.6 Å². The molecule has 0 radical (unpaired) electrons. The number of likely N-dealkylation sites (tertiary alicyclic amines) is 1. The van der Waals surface area contributed by atoms with Gasteiger partial charge in [0.25, 0.3) is 5.91 Å². The Labute approximate surface area is 113 Å². The lowest BCUT2D eigenvalue weighted by Gasteiger charge is -2.29. The average Bonchev–Trinajstić information content (AvgIpc) is 2.39. The van der Waals surface area contributed by atoms with E-state index >= 15 is 0 Å². The number of hydrogen-bond donors (Lipinski definition) is 2. The number of amides is 1. The second kappa shape index (κ2) is 6.47. The lowest BCUT2D eigenvalue weighted by molar-refractivity contribution is 0.0995. The zero-order chi connectivity index (χ0) is 13.7. The van der Waals surface area contributed by atoms with Gasteiger partial charge in [-0.05, 0) is 38.8 Å². The first-order chi connectivity index (χ1) is 9.15. The number of nitrogens with two attached hydrogens (primary N) is 1. The molecular weight excluding hydrogens is 242 g/mol. The van der Waals surface area contributed by atoms with Crippen LogP contribution in [0.3, 0.4) is 0 Å². The van der Waals surface area contributed by atoms with Crippen molar-refractivity contribution in [3.05, 3.63) is 18.1 Å². The number of hydrogen-bond acceptors (Lipinski definition) is 5. The third-order valence-corrected chi connectivity index (χ3v) is 3.47. The Balaban J connectivity index is 1.79. The van der Waals surface area contributed by atoms with Gasteiger partial charge in [0.15, 0.2) is 0 Å². The zero-order valence-corrected chi connectivity index (χ0v) is 11.3. The van der Waals surface area contributed by atoms with Gasteiger partial charge in [-0.2, -0.15) is 0 Å². The van der Waals surface area contributed by atoms with Crippen molar-refractivity contribution in [3.8, 4) is 0 Å². The predicted molar refractivity (Wildman–Crippen MR) is 73.9 cm³/mol. The van der Waals surface area contributed by atoms with Crippen molar-refractivity contribution >= 4 is 11.7 Å². The number of nitrogens with one attached hydrogen (secondary N) is 1. The highest BCUT2D eigenvalue weighted by Gasteiger charge is 2.16. The zero-order valence-electron chi connectivity index (χ0n) is 11.3. The monoisotopic (exact) mass is 263 g/mol. The molecule has 1 aromatic heterocycles. The molecule has 0 unspecified atom stereocenters. The SMILES string of the molecule is CN1CCC[C@@H](CCNc2cncc(C(N)=O)n2)C1. The topological polar surface area (TPSA) is 84.1 Å². The minimum atomic E-state index is -0.551. The first-order valence-corrected chi connectivity index (χ1v) is 6.69. The molecular formula is C13H21N5O. The van der Waals surface area contributed by atoms with Crippen LogP contribution in [0.2, 0.25) is 0 Å². The maximum atomic E-state index is 11.0. The van der Waals surface area contributed by atoms with Crippen molar-refractivity contribution in [2.75, 3.05) is 32.0 Å². The Hall–Kier alpha value is -1.69. The maximum Gasteiger partial charge on any atom is 0.268 e. The predicted octanol–water partition coefficient (Wildman–Crippen LogP) is 0.719. The van der Waals surface area contributed by atoms with Crippen molar-refractivity contribution in [2.45, 2.75) is 19.3 Å². The van der Waals surface area contributed by atoms with Gasteiger partial charge in [0.1, 0.15) is 11.5 Å². The van der Waals surface area contributed by atoms with E-state index < -0.39 is 5.91 Å². The number of anilines is 1. The van der Waals surface area contributed by atoms with E-state index in [1.54, 1.807) is 6.20 Å². The summed E-state index contributed by atoms with van der Waals surface area (Å²) in [6.45, 7) is 3.21. The molecule has 2 heterocycles. The molecule has 1 fully saturated rings. The number of aromatic nitrogens is 2. The van der Waals surface area contributed by atoms with Crippen molar-refractivity contribution in [1.82, 2.24) is 14.9 Å². The first-order valence-electron chi connectivity index (χ1n) is 6.69. The van der Waals surface area contributed by atoms with Gasteiger partial charge >= 0.3 is 0 Å². The molecule has 6 heteroatoms. The summed E-state index contributed by atoms with van der Waals surface area (Å²) in [6.07, 6.45) is 6.66. The van der Waals surface area contributed by atoms with E-state index in [-0.39, 0.29) is 5.69 Å². The van der Waals surface area contributed by atoms with Gasteiger partial charge in [-0.15, -0.1) is 0 Å². The molecule has 1 aliphatic heterocycles. The maximum absolute atomic E-state index is 11.0. The van der Waals surface area contributed by atoms with Gasteiger partial charge in [-0.25, -0.2) is 4.98 Å². The van der Waals surface area contributed by atoms with Gasteiger partial charge < -0.3 is 16.0 Å². The third kappa shape index (κ3) is 4.17. The summed E-state index contributed by atoms with van der Waals surface area (Å²) < 4.78 is 0. The van der Waals surface area contributed by atoms with Crippen LogP contribution in [0, 0.1) is 5.92 Å². The van der Waals surface area contributed by atoms with Crippen molar-refractivity contribution in [1.29, 1.82) is 0 Å². The molecule has 0 spiro atoms. The fraction of sp³-hybridized carbons (Fsp3) is 0.615. The average molecular weight is 263 g/mol. The highest BCUT2D eigenvalue weighted by atomic mass is 16.1. The molecule has 1 atom stereocenters. The van der Waals surface area contributed by atoms with E-state index in [1.807, 2.05) is 0 Å². The smallest absolute Gasteiger partial charge is 0.268 e. The van der Waals surface area contributed by atoms with Crippen LogP contribution in [0.25, 0.3) is 0 Å². The van der Waals surface area contributed by atoms with Gasteiger partial charge in [-0.1, -0.05) is 0 Å². The molecule has 1 aromatic rings. The Bertz CT molecular complexity index is 437. The molecule has 6 nitrogen and oxygen atoms in total. The van der Waals surface area contributed by atoms with Crippen LogP contribution in [-0.2, 0) is 0 Å². The number of piperidine rings is 1. The van der Waals surface area contributed by atoms with E-state index in [0.717, 1.165) is 25.4 Å². The van der Waals surface area contributed by atoms with E-state index in [9.17, 15) is 4.79 Å². The van der Waals surface area contributed by atoms with Gasteiger partial charge in [-0.3, -0.25) is 9.78 Å². The molecule has 2 rings (SSSR count). The molecule has 1 aliphatic rings. The van der Waals surface area contributed by atoms with E-state index in [2.05, 4.69) is 27.2 Å². The minimum Gasteiger partial charge on any atom is -0.369 e. The van der Waals surface area contributed by atoms with Crippen LogP contribution >= 0.6 is 0 Å². The van der Waals surface area contributed by atoms with Crippen LogP contribution in [0.5, 0.6) is 0 Å². The summed E-state index contributed by atoms with van der Waals surface area (Å²) in [7, 11) is 2.17. The van der Waals surface area contributed by atoms with Crippen LogP contribution in [0.4, 0.5) is 5.82 Å². The van der Waals surface area contributed by atoms with Crippen LogP contribution in [0.1, 0.15) is 29.8 Å². The molecule has 3 N–H and O–H groups in total. The van der Waals surface area contributed by atoms with Crippen LogP contribution in [-0.4, -0.2) is 47.5 Å². The third-order valence-electron chi connectivity index (χ3n) is 3.47. The highest BCUT2D eigenvalue weighted by molar-refractivity contribution is 5.90. The molecule has 19 heavy (non-hydrogen) atoms. The first kappa shape index (κ1) is 13.7. The van der Waals surface area contributed by atoms with E-state index in [4.69, 9.17) is 5.73 Å². The normalized spacial score (nSPS) is 20.2. The highest BCUT2D eigenvalue weighted by Crippen LogP contribution is 2.18. The summed E-state index contributed by atoms with van der Waals surface area (Å²) in [5.41, 5.74) is 5.37. The lowest BCUT2D eigenvalue weighted by Crippen LogP contribution is -2.32. The molecule has 0 saturated carbocycles. The fourth-order valence-corrected chi connectivity index (χ4v) is 2.48. The van der Waals surface area contributed by atoms with Crippen LogP contribution < -0.4 is 11.1 Å². The molecule has 104 valence electrons. The number of nitrogens with zero attached hydrogens (tertiary/aromatic N) is 3. The largest absolute Gasteiger partial charge is 0.369 e. The lowest BCUT2D eigenvalue weighted by atomic mass is 9.95. The van der Waals surface area contributed by atoms with Gasteiger partial charge in [0.2, 0.25) is 0 Å². The number of primary amides is 1. The summed E-state index contributed by atoms with van der Waals surface area (Å²) in [5, 5.41) is 3.20. The quantitative estimate of drug-likeness (QED) is 0.817. The Kier molecular flexibility index (Phi) is 4.68. The molecule has 0 bridgehead atoms. The second-order valence-electron chi connectivity index (χ2n) is 5.14. The molecule has 1 amide bonds. The summed E-state index contributed by atoms with van der Waals surface area (Å²) in [4.78, 5) is 21.4. The van der Waals surface area contributed by atoms with Gasteiger partial charge in [0.05, 0.1) is 12.4 Å². The summed E-state index contributed by atoms with van der Waals surface area (Å²) in [6, 6.07) is 0. The molecule has 1 saturated heterocycles. The molecule has 0 aromatic carbocycles. The van der Waals surface area contributed by atoms with Crippen LogP contribution in [0.15, 0.2) is 12.4 Å². The fourth-order valence-electron chi connectivity index (χ4n) is 2.48. The van der Waals surface area contributed by atoms with Crippen molar-refractivity contribution in [2.24, 2.45) is 11.7 Å². The number of carbonyl (C=O) groups is 1. The van der Waals surface area contributed by atoms with Crippen molar-refractivity contribution < 1.29 is 4.79 Å². The summed E-state index contributed by atoms with van der Waals surface area (Å²) in [5.74, 6) is 0.795. The van der Waals surface area contributed by atoms with E-state index in [0.29, 0.717) is 5.82 Å². The Morgan fingerprint density at radius 1 is 1.58 bits per heavy atom. The molecule has 0 aliphatic carbocycles. The van der Waals surface area contributed by atoms with Crippen molar-refractivity contribution in [3.63, 3.8) is 0 Å². The standard InChI is InChI=1S/C13H21N5O/c1-18-6-2-3-10(9-18)4-5-16-12-8-15-7-11(17-12)13(14)19/h7-8,10H,2-6,9H2,1H3,(H2,14,19)(H,16,17)/t10-/m0/s1. The Morgan fingerprint density at radius 2 is 2.42 bits per heavy atom.